The van der Waals surface area contributed by atoms with Crippen molar-refractivity contribution in [2.24, 2.45) is 4.99 Å². The summed E-state index contributed by atoms with van der Waals surface area (Å²) < 4.78 is 1.98. The van der Waals surface area contributed by atoms with Gasteiger partial charge in [0.05, 0.1) is 50.4 Å². The Bertz CT molecular complexity index is 1190. The highest BCUT2D eigenvalue weighted by atomic mass is 35.5. The molecule has 0 bridgehead atoms. The van der Waals surface area contributed by atoms with Gasteiger partial charge in [-0.2, -0.15) is 0 Å². The van der Waals surface area contributed by atoms with Gasteiger partial charge in [-0.3, -0.25) is 4.99 Å². The predicted octanol–water partition coefficient (Wildman–Crippen LogP) is 6.51. The van der Waals surface area contributed by atoms with Crippen molar-refractivity contribution in [1.82, 2.24) is 9.55 Å². The number of hydrogen-bond acceptors (Lipinski definition) is 4. The molecule has 3 aromatic rings. The molecule has 0 aliphatic carbocycles. The highest BCUT2D eigenvalue weighted by Gasteiger charge is 2.60. The quantitative estimate of drug-likeness (QED) is 0.399. The first-order valence-corrected chi connectivity index (χ1v) is 11.9. The zero-order valence-electron chi connectivity index (χ0n) is 18.4. The third kappa shape index (κ3) is 4.26. The van der Waals surface area contributed by atoms with Crippen molar-refractivity contribution >= 4 is 58.4 Å². The Morgan fingerprint density at radius 2 is 1.64 bits per heavy atom. The summed E-state index contributed by atoms with van der Waals surface area (Å²) in [6.07, 6.45) is 7.41. The molecule has 0 saturated heterocycles. The zero-order chi connectivity index (χ0) is 24.0. The molecule has 1 N–H and O–H groups in total. The number of rotatable bonds is 6. The highest BCUT2D eigenvalue weighted by molar-refractivity contribution is 6.42. The molecule has 174 valence electrons. The van der Waals surface area contributed by atoms with Crippen LogP contribution in [0.15, 0.2) is 60.1 Å². The van der Waals surface area contributed by atoms with E-state index >= 15 is 0 Å². The smallest absolute Gasteiger partial charge is 0.132 e. The Morgan fingerprint density at radius 1 is 0.970 bits per heavy atom. The number of benzene rings is 2. The average Bonchev–Trinajstić information content (AvgIpc) is 3.44. The number of aliphatic hydroxyl groups is 1. The molecule has 0 amide bonds. The Hall–Kier alpha value is -1.76. The molecule has 1 aliphatic heterocycles. The number of aliphatic imine (C=N–C) groups is 1. The van der Waals surface area contributed by atoms with Gasteiger partial charge >= 0.3 is 0 Å². The fourth-order valence-corrected chi connectivity index (χ4v) is 5.25. The van der Waals surface area contributed by atoms with E-state index in [-0.39, 0.29) is 0 Å². The predicted molar refractivity (Wildman–Crippen MR) is 137 cm³/mol. The maximum atomic E-state index is 12.1. The van der Waals surface area contributed by atoms with E-state index in [1.54, 1.807) is 43.1 Å². The van der Waals surface area contributed by atoms with Gasteiger partial charge in [-0.25, -0.2) is 4.98 Å². The van der Waals surface area contributed by atoms with Crippen LogP contribution >= 0.6 is 46.4 Å². The monoisotopic (exact) mass is 524 g/mol. The molecule has 2 aromatic carbocycles. The van der Waals surface area contributed by atoms with Gasteiger partial charge in [-0.15, -0.1) is 0 Å². The first-order valence-electron chi connectivity index (χ1n) is 10.4. The highest BCUT2D eigenvalue weighted by Crippen LogP contribution is 2.47. The number of hydrogen-bond donors (Lipinski definition) is 1. The summed E-state index contributed by atoms with van der Waals surface area (Å²) in [6.45, 7) is 6.32. The van der Waals surface area contributed by atoms with Gasteiger partial charge in [-0.05, 0) is 56.7 Å². The molecular formula is C24H24Cl4N4O. The minimum atomic E-state index is -1.28. The van der Waals surface area contributed by atoms with E-state index in [0.717, 1.165) is 11.3 Å². The Labute approximate surface area is 213 Å². The minimum Gasteiger partial charge on any atom is -0.387 e. The maximum absolute atomic E-state index is 12.1. The van der Waals surface area contributed by atoms with Gasteiger partial charge in [0.25, 0.3) is 0 Å². The molecule has 33 heavy (non-hydrogen) atoms. The fraction of sp³-hybridized carbons (Fsp3) is 0.333. The van der Waals surface area contributed by atoms with Crippen molar-refractivity contribution < 1.29 is 5.11 Å². The molecule has 1 aromatic heterocycles. The summed E-state index contributed by atoms with van der Waals surface area (Å²) in [4.78, 5) is 11.2. The van der Waals surface area contributed by atoms with Gasteiger partial charge in [0.15, 0.2) is 0 Å². The SMILES string of the molecule is CC(O)(Cc1ccc(Cl)c(Cl)c1)C1(C(C)(C)n2ccnc2)CN(c2ccc(Cl)c(Cl)c2)C=N1. The number of imidazole rings is 1. The number of nitrogens with zero attached hydrogens (tertiary/aromatic N) is 4. The lowest BCUT2D eigenvalue weighted by atomic mass is 9.66. The van der Waals surface area contributed by atoms with Crippen molar-refractivity contribution in [1.29, 1.82) is 0 Å². The first-order chi connectivity index (χ1) is 15.5. The summed E-state index contributed by atoms with van der Waals surface area (Å²) in [5.41, 5.74) is -1.19. The molecule has 2 atom stereocenters. The Morgan fingerprint density at radius 3 is 2.24 bits per heavy atom. The van der Waals surface area contributed by atoms with E-state index in [1.807, 2.05) is 48.6 Å². The van der Waals surface area contributed by atoms with Crippen molar-refractivity contribution in [3.05, 3.63) is 80.8 Å². The molecular weight excluding hydrogens is 502 g/mol. The second-order valence-electron chi connectivity index (χ2n) is 9.06. The van der Waals surface area contributed by atoms with E-state index in [4.69, 9.17) is 51.4 Å². The van der Waals surface area contributed by atoms with Gasteiger partial charge in [0.1, 0.15) is 5.54 Å². The van der Waals surface area contributed by atoms with Crippen LogP contribution in [0.25, 0.3) is 0 Å². The first kappa shape index (κ1) is 24.4. The average molecular weight is 526 g/mol. The molecule has 2 heterocycles. The second kappa shape index (κ2) is 8.79. The standard InChI is InChI=1S/C24H24Cl4N4O/c1-22(2,32-9-8-29-14-32)24(23(3,33)12-16-4-6-18(25)20(27)10-16)13-31(15-30-24)17-5-7-19(26)21(28)11-17/h4-11,14-15,33H,12-13H2,1-3H3. The molecule has 0 spiro atoms. The lowest BCUT2D eigenvalue weighted by molar-refractivity contribution is -0.0593. The van der Waals surface area contributed by atoms with Gasteiger partial charge in [0.2, 0.25) is 0 Å². The van der Waals surface area contributed by atoms with Crippen LogP contribution in [0.5, 0.6) is 0 Å². The van der Waals surface area contributed by atoms with Crippen LogP contribution in [-0.2, 0) is 12.0 Å². The van der Waals surface area contributed by atoms with Gasteiger partial charge in [-0.1, -0.05) is 52.5 Å². The molecule has 0 radical (unpaired) electrons. The summed E-state index contributed by atoms with van der Waals surface area (Å²) in [5, 5.41) is 13.9. The Kier molecular flexibility index (Phi) is 6.49. The number of halogens is 4. The number of anilines is 1. The lowest BCUT2D eigenvalue weighted by Crippen LogP contribution is -2.66. The van der Waals surface area contributed by atoms with Crippen LogP contribution in [0.4, 0.5) is 5.69 Å². The molecule has 2 unspecified atom stereocenters. The summed E-state index contributed by atoms with van der Waals surface area (Å²) >= 11 is 24.7. The van der Waals surface area contributed by atoms with E-state index in [2.05, 4.69) is 4.98 Å². The summed E-state index contributed by atoms with van der Waals surface area (Å²) in [6, 6.07) is 10.8. The van der Waals surface area contributed by atoms with Crippen LogP contribution < -0.4 is 4.90 Å². The van der Waals surface area contributed by atoms with E-state index in [1.165, 1.54) is 0 Å². The van der Waals surface area contributed by atoms with E-state index < -0.39 is 16.7 Å². The van der Waals surface area contributed by atoms with Crippen molar-refractivity contribution in [2.45, 2.75) is 43.9 Å². The molecule has 9 heteroatoms. The van der Waals surface area contributed by atoms with E-state index in [0.29, 0.717) is 33.1 Å². The maximum Gasteiger partial charge on any atom is 0.132 e. The molecule has 4 rings (SSSR count). The van der Waals surface area contributed by atoms with Crippen LogP contribution in [0.2, 0.25) is 20.1 Å². The normalized spacial score (nSPS) is 20.3. The van der Waals surface area contributed by atoms with Gasteiger partial charge in [0, 0.05) is 24.5 Å². The largest absolute Gasteiger partial charge is 0.387 e. The van der Waals surface area contributed by atoms with Crippen molar-refractivity contribution in [2.75, 3.05) is 11.4 Å². The second-order valence-corrected chi connectivity index (χ2v) is 10.7. The lowest BCUT2D eigenvalue weighted by Gasteiger charge is -2.51. The van der Waals surface area contributed by atoms with Crippen LogP contribution in [0.3, 0.4) is 0 Å². The molecule has 0 fully saturated rings. The minimum absolute atomic E-state index is 0.314. The fourth-order valence-electron chi connectivity index (χ4n) is 4.63. The number of aromatic nitrogens is 2. The topological polar surface area (TPSA) is 53.6 Å². The van der Waals surface area contributed by atoms with Crippen molar-refractivity contribution in [3.63, 3.8) is 0 Å². The van der Waals surface area contributed by atoms with Gasteiger partial charge < -0.3 is 14.6 Å². The van der Waals surface area contributed by atoms with Crippen LogP contribution in [0, 0.1) is 0 Å². The zero-order valence-corrected chi connectivity index (χ0v) is 21.5. The third-order valence-electron chi connectivity index (χ3n) is 6.64. The van der Waals surface area contributed by atoms with Crippen LogP contribution in [-0.4, -0.2) is 38.7 Å². The van der Waals surface area contributed by atoms with E-state index in [9.17, 15) is 5.11 Å². The van der Waals surface area contributed by atoms with Crippen molar-refractivity contribution in [3.8, 4) is 0 Å². The molecule has 5 nitrogen and oxygen atoms in total. The van der Waals surface area contributed by atoms with Crippen LogP contribution in [0.1, 0.15) is 26.3 Å². The molecule has 1 aliphatic rings. The summed E-state index contributed by atoms with van der Waals surface area (Å²) in [5.74, 6) is 0. The Balaban J connectivity index is 1.78. The molecule has 0 saturated carbocycles. The third-order valence-corrected chi connectivity index (χ3v) is 8.11. The summed E-state index contributed by atoms with van der Waals surface area (Å²) in [7, 11) is 0.